The summed E-state index contributed by atoms with van der Waals surface area (Å²) in [6, 6.07) is 11.8. The van der Waals surface area contributed by atoms with Gasteiger partial charge in [-0.15, -0.1) is 0 Å². The van der Waals surface area contributed by atoms with Crippen LogP contribution in [0.4, 0.5) is 5.69 Å². The van der Waals surface area contributed by atoms with Gasteiger partial charge in [-0.05, 0) is 68.5 Å². The van der Waals surface area contributed by atoms with Gasteiger partial charge in [0.05, 0.1) is 32.8 Å². The van der Waals surface area contributed by atoms with Crippen LogP contribution in [-0.2, 0) is 27.2 Å². The van der Waals surface area contributed by atoms with E-state index in [9.17, 15) is 9.59 Å². The number of para-hydroxylation sites is 1. The SMILES string of the molecule is CCOC(=O)CC1c2cc(OCC)c(OCC)cc2CCN1CC(=O)N1CCc2ccccc21. The van der Waals surface area contributed by atoms with Crippen molar-refractivity contribution < 1.29 is 23.8 Å². The third-order valence-electron chi connectivity index (χ3n) is 6.47. The molecule has 2 heterocycles. The van der Waals surface area contributed by atoms with Gasteiger partial charge in [-0.2, -0.15) is 0 Å². The van der Waals surface area contributed by atoms with Crippen LogP contribution in [0.2, 0.25) is 0 Å². The summed E-state index contributed by atoms with van der Waals surface area (Å²) in [7, 11) is 0. The van der Waals surface area contributed by atoms with E-state index in [0.717, 1.165) is 35.4 Å². The van der Waals surface area contributed by atoms with Crippen LogP contribution in [0.25, 0.3) is 0 Å². The van der Waals surface area contributed by atoms with Crippen molar-refractivity contribution in [2.75, 3.05) is 44.4 Å². The van der Waals surface area contributed by atoms with E-state index < -0.39 is 0 Å². The van der Waals surface area contributed by atoms with Crippen LogP contribution in [0.5, 0.6) is 11.5 Å². The van der Waals surface area contributed by atoms with Gasteiger partial charge in [-0.1, -0.05) is 18.2 Å². The summed E-state index contributed by atoms with van der Waals surface area (Å²) < 4.78 is 17.0. The van der Waals surface area contributed by atoms with Crippen molar-refractivity contribution in [2.24, 2.45) is 0 Å². The smallest absolute Gasteiger partial charge is 0.307 e. The fraction of sp³-hybridized carbons (Fsp3) is 0.481. The van der Waals surface area contributed by atoms with Crippen molar-refractivity contribution in [1.29, 1.82) is 0 Å². The summed E-state index contributed by atoms with van der Waals surface area (Å²) in [5.74, 6) is 1.17. The van der Waals surface area contributed by atoms with Crippen molar-refractivity contribution in [1.82, 2.24) is 4.90 Å². The highest BCUT2D eigenvalue weighted by Crippen LogP contribution is 2.40. The van der Waals surface area contributed by atoms with Crippen LogP contribution in [0, 0.1) is 0 Å². The Balaban J connectivity index is 1.62. The molecule has 0 saturated carbocycles. The molecule has 4 rings (SSSR count). The molecule has 34 heavy (non-hydrogen) atoms. The zero-order valence-electron chi connectivity index (χ0n) is 20.3. The van der Waals surface area contributed by atoms with Crippen molar-refractivity contribution in [2.45, 2.75) is 46.1 Å². The maximum atomic E-state index is 13.4. The summed E-state index contributed by atoms with van der Waals surface area (Å²) in [4.78, 5) is 29.9. The van der Waals surface area contributed by atoms with Crippen LogP contribution in [0.1, 0.15) is 49.9 Å². The third-order valence-corrected chi connectivity index (χ3v) is 6.47. The molecule has 7 nitrogen and oxygen atoms in total. The molecule has 7 heteroatoms. The summed E-state index contributed by atoms with van der Waals surface area (Å²) in [5.41, 5.74) is 4.32. The van der Waals surface area contributed by atoms with E-state index >= 15 is 0 Å². The van der Waals surface area contributed by atoms with Gasteiger partial charge in [0.1, 0.15) is 0 Å². The zero-order chi connectivity index (χ0) is 24.1. The Kier molecular flexibility index (Phi) is 7.73. The minimum absolute atomic E-state index is 0.0539. The molecule has 0 N–H and O–H groups in total. The monoisotopic (exact) mass is 466 g/mol. The largest absolute Gasteiger partial charge is 0.490 e. The predicted molar refractivity (Wildman–Crippen MR) is 131 cm³/mol. The number of rotatable bonds is 9. The van der Waals surface area contributed by atoms with Crippen LogP contribution in [0.15, 0.2) is 36.4 Å². The van der Waals surface area contributed by atoms with Crippen LogP contribution >= 0.6 is 0 Å². The number of hydrogen-bond acceptors (Lipinski definition) is 6. The van der Waals surface area contributed by atoms with Crippen molar-refractivity contribution in [3.8, 4) is 11.5 Å². The molecule has 0 fully saturated rings. The summed E-state index contributed by atoms with van der Waals surface area (Å²) >= 11 is 0. The molecular weight excluding hydrogens is 432 g/mol. The van der Waals surface area contributed by atoms with E-state index in [2.05, 4.69) is 11.0 Å². The Morgan fingerprint density at radius 2 is 1.62 bits per heavy atom. The number of fused-ring (bicyclic) bond motifs is 2. The number of esters is 1. The lowest BCUT2D eigenvalue weighted by Gasteiger charge is -2.37. The molecule has 1 atom stereocenters. The molecule has 2 aliphatic rings. The maximum absolute atomic E-state index is 13.4. The lowest BCUT2D eigenvalue weighted by atomic mass is 9.90. The quantitative estimate of drug-likeness (QED) is 0.522. The van der Waals surface area contributed by atoms with E-state index in [1.807, 2.05) is 49.1 Å². The van der Waals surface area contributed by atoms with Gasteiger partial charge in [0, 0.05) is 24.8 Å². The average molecular weight is 467 g/mol. The highest BCUT2D eigenvalue weighted by molar-refractivity contribution is 5.96. The molecule has 2 aromatic rings. The van der Waals surface area contributed by atoms with Crippen molar-refractivity contribution in [3.63, 3.8) is 0 Å². The Morgan fingerprint density at radius 1 is 0.912 bits per heavy atom. The number of nitrogens with zero attached hydrogens (tertiary/aromatic N) is 2. The number of carbonyl (C=O) groups is 2. The molecule has 1 unspecified atom stereocenters. The van der Waals surface area contributed by atoms with E-state index in [1.165, 1.54) is 5.56 Å². The summed E-state index contributed by atoms with van der Waals surface area (Å²) in [5, 5.41) is 0. The molecule has 0 radical (unpaired) electrons. The highest BCUT2D eigenvalue weighted by Gasteiger charge is 2.34. The molecule has 0 saturated heterocycles. The van der Waals surface area contributed by atoms with E-state index in [1.54, 1.807) is 6.92 Å². The van der Waals surface area contributed by atoms with Gasteiger partial charge in [-0.25, -0.2) is 0 Å². The molecule has 0 aliphatic carbocycles. The normalized spacial score (nSPS) is 17.1. The van der Waals surface area contributed by atoms with Gasteiger partial charge >= 0.3 is 5.97 Å². The second-order valence-electron chi connectivity index (χ2n) is 8.53. The van der Waals surface area contributed by atoms with Gasteiger partial charge in [0.2, 0.25) is 5.91 Å². The topological polar surface area (TPSA) is 68.3 Å². The molecule has 2 aliphatic heterocycles. The molecule has 0 bridgehead atoms. The predicted octanol–water partition coefficient (Wildman–Crippen LogP) is 3.93. The maximum Gasteiger partial charge on any atom is 0.307 e. The molecule has 2 aromatic carbocycles. The lowest BCUT2D eigenvalue weighted by Crippen LogP contribution is -2.44. The lowest BCUT2D eigenvalue weighted by molar-refractivity contribution is -0.145. The number of amides is 1. The van der Waals surface area contributed by atoms with E-state index in [-0.39, 0.29) is 30.9 Å². The summed E-state index contributed by atoms with van der Waals surface area (Å²) in [6.45, 7) is 8.69. The van der Waals surface area contributed by atoms with Gasteiger partial charge in [0.25, 0.3) is 0 Å². The van der Waals surface area contributed by atoms with Gasteiger partial charge in [-0.3, -0.25) is 14.5 Å². The molecule has 182 valence electrons. The first-order valence-electron chi connectivity index (χ1n) is 12.3. The van der Waals surface area contributed by atoms with Crippen molar-refractivity contribution >= 4 is 17.6 Å². The minimum atomic E-state index is -0.267. The van der Waals surface area contributed by atoms with Crippen molar-refractivity contribution in [3.05, 3.63) is 53.1 Å². The number of hydrogen-bond donors (Lipinski definition) is 0. The summed E-state index contributed by atoms with van der Waals surface area (Å²) in [6.07, 6.45) is 1.82. The molecular formula is C27H34N2O5. The fourth-order valence-corrected chi connectivity index (χ4v) is 4.96. The molecule has 1 amide bonds. The third kappa shape index (κ3) is 5.04. The first-order chi connectivity index (χ1) is 16.5. The van der Waals surface area contributed by atoms with Crippen LogP contribution in [0.3, 0.4) is 0 Å². The van der Waals surface area contributed by atoms with Gasteiger partial charge in [0.15, 0.2) is 11.5 Å². The average Bonchev–Trinajstić information content (AvgIpc) is 3.26. The first kappa shape index (κ1) is 24.1. The second kappa shape index (κ2) is 10.9. The van der Waals surface area contributed by atoms with Crippen LogP contribution < -0.4 is 14.4 Å². The Bertz CT molecular complexity index is 1040. The zero-order valence-corrected chi connectivity index (χ0v) is 20.3. The minimum Gasteiger partial charge on any atom is -0.490 e. The molecule has 0 spiro atoms. The molecule has 0 aromatic heterocycles. The highest BCUT2D eigenvalue weighted by atomic mass is 16.5. The number of carbonyl (C=O) groups excluding carboxylic acids is 2. The van der Waals surface area contributed by atoms with E-state index in [0.29, 0.717) is 38.7 Å². The van der Waals surface area contributed by atoms with Gasteiger partial charge < -0.3 is 19.1 Å². The van der Waals surface area contributed by atoms with E-state index in [4.69, 9.17) is 14.2 Å². The second-order valence-corrected chi connectivity index (χ2v) is 8.53. The first-order valence-corrected chi connectivity index (χ1v) is 12.3. The Labute approximate surface area is 201 Å². The number of anilines is 1. The number of ether oxygens (including phenoxy) is 3. The number of benzene rings is 2. The Morgan fingerprint density at radius 3 is 2.35 bits per heavy atom. The fourth-order valence-electron chi connectivity index (χ4n) is 4.96. The Hall–Kier alpha value is -3.06. The van der Waals surface area contributed by atoms with Crippen LogP contribution in [-0.4, -0.2) is 56.2 Å². The standard InChI is InChI=1S/C27H34N2O5/c1-4-32-24-15-20-11-13-28(18-26(30)29-14-12-19-9-7-8-10-22(19)29)23(17-27(31)34-6-3)21(20)16-25(24)33-5-2/h7-10,15-16,23H,4-6,11-14,17-18H2,1-3H3.